The van der Waals surface area contributed by atoms with E-state index in [0.29, 0.717) is 54.8 Å². The normalized spacial score (nSPS) is 56.2. The molecule has 8 aliphatic carbocycles. The van der Waals surface area contributed by atoms with Gasteiger partial charge < -0.3 is 30.4 Å². The van der Waals surface area contributed by atoms with Gasteiger partial charge in [-0.3, -0.25) is 4.79 Å². The summed E-state index contributed by atoms with van der Waals surface area (Å²) in [6.45, 7) is 19.0. The summed E-state index contributed by atoms with van der Waals surface area (Å²) in [6.07, 6.45) is 10.6. The molecule has 0 amide bonds. The van der Waals surface area contributed by atoms with Crippen LogP contribution in [-0.2, 0) is 4.79 Å². The molecule has 60 heavy (non-hydrogen) atoms. The first-order chi connectivity index (χ1) is 29.7. The average molecular weight is 844 g/mol. The number of aliphatic carboxylic acids is 1. The molecule has 0 saturated heterocycles. The second-order valence-electron chi connectivity index (χ2n) is 24.1. The Morgan fingerprint density at radius 1 is 0.617 bits per heavy atom. The van der Waals surface area contributed by atoms with E-state index >= 15 is 0 Å². The fraction of sp³-hybridized carbons (Fsp3) is 0.981. The molecular weight excluding hydrogens is 747 g/mol. The lowest BCUT2D eigenvalue weighted by Gasteiger charge is -2.64. The Labute approximate surface area is 372 Å². The molecule has 8 saturated carbocycles. The Morgan fingerprint density at radius 2 is 1.00 bits per heavy atom. The first-order valence-corrected chi connectivity index (χ1v) is 25.2. The van der Waals surface area contributed by atoms with Crippen LogP contribution < -0.4 is 0 Å². The summed E-state index contributed by atoms with van der Waals surface area (Å²) in [6, 6.07) is 0. The lowest BCUT2D eigenvalue weighted by Crippen LogP contribution is -2.62. The molecule has 8 aliphatic rings. The molecule has 8 unspecified atom stereocenters. The van der Waals surface area contributed by atoms with Gasteiger partial charge in [0.15, 0.2) is 0 Å². The van der Waals surface area contributed by atoms with Crippen molar-refractivity contribution in [2.45, 2.75) is 202 Å². The molecule has 8 fully saturated rings. The van der Waals surface area contributed by atoms with Crippen LogP contribution in [0, 0.1) is 105 Å². The molecule has 0 spiro atoms. The molecule has 0 radical (unpaired) electrons. The summed E-state index contributed by atoms with van der Waals surface area (Å²) in [5, 5.41) is 54.0. The van der Waals surface area contributed by atoms with Crippen molar-refractivity contribution in [2.75, 3.05) is 20.6 Å². The van der Waals surface area contributed by atoms with Gasteiger partial charge in [0.2, 0.25) is 0 Å². The maximum Gasteiger partial charge on any atom is 0.303 e. The van der Waals surface area contributed by atoms with Gasteiger partial charge >= 0.3 is 5.97 Å². The van der Waals surface area contributed by atoms with Gasteiger partial charge in [-0.1, -0.05) is 68.2 Å². The standard InChI is InChI=1S/C27H49NO2.C26H44O4/c1-7-19-23-16-18(29)10-13-27(23,4)22-11-14-26(3)20(17(2)12-15-28(5)6)8-9-21(26)24(22)25(19)30;1-5-17-21-14-16(27)10-12-26(21,4)20-11-13-25(3)18(15(2)6-9-22(28)29)7-8-19(25)23(20)24(17)30/h17-25,29-30H,7-16H2,1-6H3;15-21,23-24,27,30H,5-14H2,1-4H3,(H,28,29)/t17-,18-,19-,20-,21?,22?,23+,24?,25-,26-,27-;15-,16-,17-,18-,19?,20?,21+,23?,24-,25-,26-/m11/s1/i7D,25D;5D,24D/t7?,17-,18-,19-,20-,21?,22?,23+,24?,25-,26-,27-;5?,15-,16-,17-,18-,19?,20?,21+,23?,24-,25-,26-. The highest BCUT2D eigenvalue weighted by Crippen LogP contribution is 2.71. The average Bonchev–Trinajstić information content (AvgIpc) is 3.73. The highest BCUT2D eigenvalue weighted by molar-refractivity contribution is 5.66. The van der Waals surface area contributed by atoms with Crippen molar-refractivity contribution in [2.24, 2.45) is 105 Å². The first-order valence-electron chi connectivity index (χ1n) is 27.3. The Kier molecular flexibility index (Phi) is 12.5. The van der Waals surface area contributed by atoms with Crippen molar-refractivity contribution in [3.05, 3.63) is 0 Å². The lowest BCUT2D eigenvalue weighted by atomic mass is 9.41. The zero-order valence-corrected chi connectivity index (χ0v) is 39.7. The van der Waals surface area contributed by atoms with Gasteiger partial charge in [-0.2, -0.15) is 0 Å². The summed E-state index contributed by atoms with van der Waals surface area (Å²) in [4.78, 5) is 13.4. The fourth-order valence-electron chi connectivity index (χ4n) is 18.1. The van der Waals surface area contributed by atoms with E-state index in [1.165, 1.54) is 19.3 Å². The van der Waals surface area contributed by atoms with Crippen molar-refractivity contribution in [3.8, 4) is 0 Å². The number of carbonyl (C=O) groups is 1. The Hall–Kier alpha value is -0.730. The Balaban J connectivity index is 0.000000191. The largest absolute Gasteiger partial charge is 0.481 e. The number of nitrogens with zero attached hydrogens (tertiary/aromatic N) is 1. The van der Waals surface area contributed by atoms with Crippen LogP contribution in [0.25, 0.3) is 0 Å². The van der Waals surface area contributed by atoms with Gasteiger partial charge in [-0.05, 0) is 228 Å². The molecule has 0 aromatic heterocycles. The topological polar surface area (TPSA) is 121 Å². The second kappa shape index (κ2) is 17.9. The molecule has 8 rings (SSSR count). The van der Waals surface area contributed by atoms with E-state index < -0.39 is 36.8 Å². The summed E-state index contributed by atoms with van der Waals surface area (Å²) < 4.78 is 36.1. The molecule has 24 atom stereocenters. The van der Waals surface area contributed by atoms with E-state index in [0.717, 1.165) is 70.8 Å². The van der Waals surface area contributed by atoms with Crippen LogP contribution in [0.2, 0.25) is 0 Å². The first kappa shape index (κ1) is 41.9. The van der Waals surface area contributed by atoms with Gasteiger partial charge in [0, 0.05) is 9.16 Å². The van der Waals surface area contributed by atoms with Crippen LogP contribution in [0.15, 0.2) is 0 Å². The zero-order valence-electron chi connectivity index (χ0n) is 43.7. The van der Waals surface area contributed by atoms with E-state index in [-0.39, 0.29) is 81.7 Å². The van der Waals surface area contributed by atoms with Gasteiger partial charge in [0.05, 0.1) is 27.1 Å². The molecule has 7 heteroatoms. The summed E-state index contributed by atoms with van der Waals surface area (Å²) >= 11 is 0. The smallest absolute Gasteiger partial charge is 0.303 e. The summed E-state index contributed by atoms with van der Waals surface area (Å²) in [5.41, 5.74) is 0.203. The third-order valence-electron chi connectivity index (χ3n) is 21.3. The number of fused-ring (bicyclic) bond motifs is 10. The van der Waals surface area contributed by atoms with Crippen LogP contribution in [0.5, 0.6) is 0 Å². The van der Waals surface area contributed by atoms with Crippen molar-refractivity contribution in [3.63, 3.8) is 0 Å². The molecule has 0 bridgehead atoms. The maximum absolute atomic E-state index is 12.0. The van der Waals surface area contributed by atoms with Gasteiger partial charge in [-0.15, -0.1) is 0 Å². The van der Waals surface area contributed by atoms with Crippen LogP contribution in [0.1, 0.15) is 183 Å². The number of carboxylic acids is 1. The SMILES string of the molecule is [2H]C(C)[C@@H]1[C@@H]2C[C@H](O)CC[C@]2(C)C2CC[C@@]3(C)C(CC[C@@H]3[C@H](C)CCC(=O)O)C2[C@]1([2H])O.[2H]C(C)[C@@H]1[C@@H]2C[C@H](O)CC[C@]2(C)C2CC[C@@]3(C)C(CC[C@@H]3[C@H](C)CCN(C)C)C2[C@]1([2H])O. The Bertz CT molecular complexity index is 1650. The quantitative estimate of drug-likeness (QED) is 0.148. The monoisotopic (exact) mass is 844 g/mol. The molecule has 346 valence electrons. The van der Waals surface area contributed by atoms with Gasteiger partial charge in [-0.25, -0.2) is 0 Å². The van der Waals surface area contributed by atoms with Crippen molar-refractivity contribution < 1.29 is 35.8 Å². The van der Waals surface area contributed by atoms with Crippen molar-refractivity contribution in [1.82, 2.24) is 4.90 Å². The van der Waals surface area contributed by atoms with E-state index in [1.54, 1.807) is 0 Å². The van der Waals surface area contributed by atoms with Crippen LogP contribution >= 0.6 is 0 Å². The van der Waals surface area contributed by atoms with Crippen LogP contribution in [-0.4, -0.2) is 81.4 Å². The van der Waals surface area contributed by atoms with Gasteiger partial charge in [0.1, 0.15) is 0 Å². The third kappa shape index (κ3) is 7.92. The van der Waals surface area contributed by atoms with E-state index in [1.807, 2.05) is 13.8 Å². The molecule has 7 nitrogen and oxygen atoms in total. The van der Waals surface area contributed by atoms with Gasteiger partial charge in [0.25, 0.3) is 0 Å². The minimum Gasteiger partial charge on any atom is -0.481 e. The zero-order chi connectivity index (χ0) is 47.3. The lowest BCUT2D eigenvalue weighted by molar-refractivity contribution is -0.203. The predicted molar refractivity (Wildman–Crippen MR) is 242 cm³/mol. The summed E-state index contributed by atoms with van der Waals surface area (Å²) in [7, 11) is 4.30. The minimum absolute atomic E-state index is 0.0125. The number of aliphatic hydroxyl groups is 4. The number of hydrogen-bond acceptors (Lipinski definition) is 6. The van der Waals surface area contributed by atoms with E-state index in [2.05, 4.69) is 60.5 Å². The fourth-order valence-corrected chi connectivity index (χ4v) is 18.1. The molecular formula is C53H93NO6. The number of hydrogen-bond donors (Lipinski definition) is 5. The molecule has 0 aromatic rings. The maximum atomic E-state index is 12.0. The highest BCUT2D eigenvalue weighted by atomic mass is 16.4. The predicted octanol–water partition coefficient (Wildman–Crippen LogP) is 10.3. The Morgan fingerprint density at radius 3 is 1.38 bits per heavy atom. The molecule has 0 aliphatic heterocycles. The van der Waals surface area contributed by atoms with Crippen LogP contribution in [0.3, 0.4) is 0 Å². The third-order valence-corrected chi connectivity index (χ3v) is 21.3. The molecule has 0 heterocycles. The second-order valence-corrected chi connectivity index (χ2v) is 24.1. The summed E-state index contributed by atoms with van der Waals surface area (Å²) in [5.74, 6) is 1.61. The van der Waals surface area contributed by atoms with E-state index in [9.17, 15) is 28.0 Å². The minimum atomic E-state index is -1.65. The van der Waals surface area contributed by atoms with E-state index in [4.69, 9.17) is 7.85 Å². The number of carboxylic acid groups (broad SMARTS) is 1. The van der Waals surface area contributed by atoms with Crippen molar-refractivity contribution in [1.29, 1.82) is 0 Å². The highest BCUT2D eigenvalue weighted by Gasteiger charge is 2.66. The molecule has 5 N–H and O–H groups in total. The number of aliphatic hydroxyl groups excluding tert-OH is 2. The molecule has 0 aromatic carbocycles. The number of rotatable bonds is 10. The van der Waals surface area contributed by atoms with Crippen molar-refractivity contribution >= 4 is 5.97 Å². The van der Waals surface area contributed by atoms with Crippen LogP contribution in [0.4, 0.5) is 0 Å².